The molecule has 0 unspecified atom stereocenters. The van der Waals surface area contributed by atoms with Gasteiger partial charge in [-0.3, -0.25) is 0 Å². The van der Waals surface area contributed by atoms with Crippen LogP contribution in [0.2, 0.25) is 0 Å². The summed E-state index contributed by atoms with van der Waals surface area (Å²) in [5, 5.41) is 3.40. The molecule has 3 nitrogen and oxygen atoms in total. The summed E-state index contributed by atoms with van der Waals surface area (Å²) in [6.45, 7) is 10.8. The highest BCUT2D eigenvalue weighted by atomic mass is 15.2. The van der Waals surface area contributed by atoms with Crippen LogP contribution in [0.25, 0.3) is 0 Å². The Kier molecular flexibility index (Phi) is 5.70. The molecule has 1 N–H and O–H groups in total. The van der Waals surface area contributed by atoms with Crippen molar-refractivity contribution >= 4 is 5.82 Å². The molecule has 0 saturated heterocycles. The predicted octanol–water partition coefficient (Wildman–Crippen LogP) is 2.45. The Morgan fingerprint density at radius 3 is 2.88 bits per heavy atom. The number of nitrogens with one attached hydrogen (secondary N) is 1. The van der Waals surface area contributed by atoms with Crippen molar-refractivity contribution in [1.29, 1.82) is 0 Å². The maximum atomic E-state index is 4.60. The van der Waals surface area contributed by atoms with Crippen molar-refractivity contribution in [2.45, 2.75) is 20.4 Å². The van der Waals surface area contributed by atoms with Gasteiger partial charge in [0.2, 0.25) is 0 Å². The van der Waals surface area contributed by atoms with Crippen LogP contribution in [0.1, 0.15) is 19.5 Å². The van der Waals surface area contributed by atoms with Crippen molar-refractivity contribution in [1.82, 2.24) is 10.3 Å². The minimum atomic E-state index is 0.668. The third kappa shape index (κ3) is 5.00. The van der Waals surface area contributed by atoms with Crippen LogP contribution in [0.5, 0.6) is 0 Å². The molecular weight excluding hydrogens is 210 g/mol. The number of nitrogens with zero attached hydrogens (tertiary/aromatic N) is 2. The average Bonchev–Trinajstić information content (AvgIpc) is 2.29. The summed E-state index contributed by atoms with van der Waals surface area (Å²) in [6, 6.07) is 6.13. The van der Waals surface area contributed by atoms with Crippen molar-refractivity contribution in [2.75, 3.05) is 25.0 Å². The van der Waals surface area contributed by atoms with E-state index >= 15 is 0 Å². The Balaban J connectivity index is 2.56. The predicted molar refractivity (Wildman–Crippen MR) is 74.2 cm³/mol. The molecule has 0 spiro atoms. The number of pyridine rings is 1. The molecular formula is C14H23N3. The molecule has 3 heteroatoms. The van der Waals surface area contributed by atoms with Crippen molar-refractivity contribution in [3.8, 4) is 0 Å². The van der Waals surface area contributed by atoms with Crippen LogP contribution in [-0.2, 0) is 6.54 Å². The Hall–Kier alpha value is -1.35. The molecule has 0 bridgehead atoms. The smallest absolute Gasteiger partial charge is 0.128 e. The normalized spacial score (nSPS) is 10.6. The summed E-state index contributed by atoms with van der Waals surface area (Å²) in [7, 11) is 2.02. The highest BCUT2D eigenvalue weighted by Crippen LogP contribution is 2.09. The first kappa shape index (κ1) is 13.7. The van der Waals surface area contributed by atoms with Gasteiger partial charge in [-0.15, -0.1) is 6.58 Å². The zero-order valence-electron chi connectivity index (χ0n) is 11.1. The molecule has 1 heterocycles. The van der Waals surface area contributed by atoms with Gasteiger partial charge in [0.05, 0.1) is 5.69 Å². The maximum absolute atomic E-state index is 4.60. The number of anilines is 1. The molecule has 94 valence electrons. The topological polar surface area (TPSA) is 28.2 Å². The van der Waals surface area contributed by atoms with Gasteiger partial charge in [-0.1, -0.05) is 26.0 Å². The van der Waals surface area contributed by atoms with Gasteiger partial charge in [-0.2, -0.15) is 0 Å². The molecule has 0 aliphatic rings. The average molecular weight is 233 g/mol. The van der Waals surface area contributed by atoms with E-state index < -0.39 is 0 Å². The molecule has 1 aromatic heterocycles. The van der Waals surface area contributed by atoms with Crippen LogP contribution in [-0.4, -0.2) is 25.1 Å². The maximum Gasteiger partial charge on any atom is 0.128 e. The highest BCUT2D eigenvalue weighted by molar-refractivity contribution is 5.38. The molecule has 0 amide bonds. The zero-order valence-corrected chi connectivity index (χ0v) is 11.1. The standard InChI is InChI=1S/C14H23N3/c1-5-9-17(4)14-8-6-7-13(16-14)11-15-10-12(2)3/h5-8,12,15H,1,9-11H2,2-4H3. The monoisotopic (exact) mass is 233 g/mol. The third-order valence-corrected chi connectivity index (χ3v) is 2.44. The fraction of sp³-hybridized carbons (Fsp3) is 0.500. The number of hydrogen-bond acceptors (Lipinski definition) is 3. The largest absolute Gasteiger partial charge is 0.356 e. The minimum absolute atomic E-state index is 0.668. The second-order valence-electron chi connectivity index (χ2n) is 4.68. The van der Waals surface area contributed by atoms with Crippen LogP contribution < -0.4 is 10.2 Å². The van der Waals surface area contributed by atoms with E-state index in [2.05, 4.69) is 41.7 Å². The summed E-state index contributed by atoms with van der Waals surface area (Å²) in [6.07, 6.45) is 1.88. The molecule has 0 aromatic carbocycles. The summed E-state index contributed by atoms with van der Waals surface area (Å²) in [5.74, 6) is 1.66. The first-order valence-corrected chi connectivity index (χ1v) is 6.12. The van der Waals surface area contributed by atoms with Gasteiger partial charge in [-0.25, -0.2) is 4.98 Å². The van der Waals surface area contributed by atoms with Gasteiger partial charge in [0, 0.05) is 20.1 Å². The van der Waals surface area contributed by atoms with E-state index in [1.165, 1.54) is 0 Å². The van der Waals surface area contributed by atoms with Crippen molar-refractivity contribution in [3.63, 3.8) is 0 Å². The van der Waals surface area contributed by atoms with Crippen LogP contribution in [0.3, 0.4) is 0 Å². The van der Waals surface area contributed by atoms with Crippen LogP contribution >= 0.6 is 0 Å². The van der Waals surface area contributed by atoms with Crippen LogP contribution in [0.4, 0.5) is 5.82 Å². The Morgan fingerprint density at radius 1 is 1.47 bits per heavy atom. The lowest BCUT2D eigenvalue weighted by molar-refractivity contribution is 0.548. The Labute approximate surface area is 105 Å². The van der Waals surface area contributed by atoms with Gasteiger partial charge < -0.3 is 10.2 Å². The second-order valence-corrected chi connectivity index (χ2v) is 4.68. The molecule has 1 aromatic rings. The number of hydrogen-bond donors (Lipinski definition) is 1. The lowest BCUT2D eigenvalue weighted by Gasteiger charge is -2.16. The van der Waals surface area contributed by atoms with E-state index in [0.29, 0.717) is 5.92 Å². The molecule has 0 aliphatic heterocycles. The van der Waals surface area contributed by atoms with Crippen molar-refractivity contribution in [3.05, 3.63) is 36.5 Å². The van der Waals surface area contributed by atoms with Crippen molar-refractivity contribution in [2.24, 2.45) is 5.92 Å². The van der Waals surface area contributed by atoms with E-state index in [9.17, 15) is 0 Å². The van der Waals surface area contributed by atoms with Crippen molar-refractivity contribution < 1.29 is 0 Å². The Morgan fingerprint density at radius 2 is 2.24 bits per heavy atom. The van der Waals surface area contributed by atoms with Gasteiger partial charge in [0.1, 0.15) is 5.82 Å². The Bertz CT molecular complexity index is 347. The number of likely N-dealkylation sites (N-methyl/N-ethyl adjacent to an activating group) is 1. The van der Waals surface area contributed by atoms with Gasteiger partial charge >= 0.3 is 0 Å². The second kappa shape index (κ2) is 7.07. The van der Waals surface area contributed by atoms with Gasteiger partial charge in [-0.05, 0) is 24.6 Å². The lowest BCUT2D eigenvalue weighted by atomic mass is 10.2. The fourth-order valence-corrected chi connectivity index (χ4v) is 1.55. The molecule has 0 atom stereocenters. The van der Waals surface area contributed by atoms with Gasteiger partial charge in [0.25, 0.3) is 0 Å². The number of aromatic nitrogens is 1. The van der Waals surface area contributed by atoms with E-state index in [0.717, 1.165) is 31.1 Å². The van der Waals surface area contributed by atoms with E-state index in [1.54, 1.807) is 0 Å². The molecule has 17 heavy (non-hydrogen) atoms. The quantitative estimate of drug-likeness (QED) is 0.733. The summed E-state index contributed by atoms with van der Waals surface area (Å²) >= 11 is 0. The summed E-state index contributed by atoms with van der Waals surface area (Å²) < 4.78 is 0. The molecule has 0 radical (unpaired) electrons. The van der Waals surface area contributed by atoms with Gasteiger partial charge in [0.15, 0.2) is 0 Å². The zero-order chi connectivity index (χ0) is 12.7. The third-order valence-electron chi connectivity index (χ3n) is 2.44. The minimum Gasteiger partial charge on any atom is -0.356 e. The number of rotatable bonds is 7. The lowest BCUT2D eigenvalue weighted by Crippen LogP contribution is -2.21. The van der Waals surface area contributed by atoms with Crippen LogP contribution in [0, 0.1) is 5.92 Å². The SMILES string of the molecule is C=CCN(C)c1cccc(CNCC(C)C)n1. The first-order valence-electron chi connectivity index (χ1n) is 6.12. The molecule has 0 aliphatic carbocycles. The first-order chi connectivity index (χ1) is 8.13. The summed E-state index contributed by atoms with van der Waals surface area (Å²) in [5.41, 5.74) is 1.08. The van der Waals surface area contributed by atoms with E-state index in [-0.39, 0.29) is 0 Å². The van der Waals surface area contributed by atoms with E-state index in [4.69, 9.17) is 0 Å². The molecule has 0 fully saturated rings. The van der Waals surface area contributed by atoms with Crippen LogP contribution in [0.15, 0.2) is 30.9 Å². The fourth-order valence-electron chi connectivity index (χ4n) is 1.55. The summed E-state index contributed by atoms with van der Waals surface area (Å²) in [4.78, 5) is 6.69. The molecule has 1 rings (SSSR count). The highest BCUT2D eigenvalue weighted by Gasteiger charge is 2.02. The molecule has 0 saturated carbocycles. The van der Waals surface area contributed by atoms with E-state index in [1.807, 2.05) is 25.3 Å².